The van der Waals surface area contributed by atoms with E-state index in [4.69, 9.17) is 0 Å². The van der Waals surface area contributed by atoms with Crippen LogP contribution in [-0.2, 0) is 14.8 Å². The first-order valence-electron chi connectivity index (χ1n) is 10.9. The van der Waals surface area contributed by atoms with Crippen LogP contribution in [0.2, 0.25) is 0 Å². The van der Waals surface area contributed by atoms with Crippen molar-refractivity contribution in [2.45, 2.75) is 43.4 Å². The Kier molecular flexibility index (Phi) is 6.29. The van der Waals surface area contributed by atoms with Gasteiger partial charge in [-0.05, 0) is 62.8 Å². The second-order valence-corrected chi connectivity index (χ2v) is 10.3. The van der Waals surface area contributed by atoms with Gasteiger partial charge in [0.1, 0.15) is 0 Å². The van der Waals surface area contributed by atoms with Crippen LogP contribution in [-0.4, -0.2) is 73.7 Å². The van der Waals surface area contributed by atoms with Gasteiger partial charge < -0.3 is 15.1 Å². The van der Waals surface area contributed by atoms with Crippen molar-refractivity contribution in [1.29, 1.82) is 0 Å². The molecule has 3 aliphatic heterocycles. The van der Waals surface area contributed by atoms with Crippen LogP contribution in [0.1, 0.15) is 38.5 Å². The number of nitrogens with one attached hydrogen (secondary N) is 1. The molecule has 3 aliphatic rings. The number of carbonyl (C=O) groups is 2. The standard InChI is InChI=1S/C21H30N4O4S/c26-20(17-9-15-24(16-10-17)21(27)23-11-1-2-12-23)22-18-5-7-19(8-6-18)30(28,29)25-13-3-4-14-25/h5-8,17H,1-4,9-16H2,(H,22,26). The second kappa shape index (κ2) is 8.93. The van der Waals surface area contributed by atoms with E-state index in [1.54, 1.807) is 24.3 Å². The van der Waals surface area contributed by atoms with E-state index in [1.165, 1.54) is 4.31 Å². The summed E-state index contributed by atoms with van der Waals surface area (Å²) in [6.45, 7) is 4.01. The Balaban J connectivity index is 1.29. The fourth-order valence-electron chi connectivity index (χ4n) is 4.47. The molecule has 3 amide bonds. The maximum absolute atomic E-state index is 12.6. The Labute approximate surface area is 178 Å². The molecule has 0 aromatic heterocycles. The molecule has 3 fully saturated rings. The maximum atomic E-state index is 12.6. The highest BCUT2D eigenvalue weighted by Crippen LogP contribution is 2.24. The van der Waals surface area contributed by atoms with E-state index >= 15 is 0 Å². The first-order chi connectivity index (χ1) is 14.4. The van der Waals surface area contributed by atoms with Crippen molar-refractivity contribution in [3.05, 3.63) is 24.3 Å². The molecule has 0 bridgehead atoms. The second-order valence-electron chi connectivity index (χ2n) is 8.36. The zero-order chi connectivity index (χ0) is 21.1. The van der Waals surface area contributed by atoms with Crippen LogP contribution in [0.5, 0.6) is 0 Å². The lowest BCUT2D eigenvalue weighted by molar-refractivity contribution is -0.121. The van der Waals surface area contributed by atoms with Crippen molar-refractivity contribution in [3.63, 3.8) is 0 Å². The van der Waals surface area contributed by atoms with E-state index < -0.39 is 10.0 Å². The zero-order valence-electron chi connectivity index (χ0n) is 17.3. The molecule has 9 heteroatoms. The van der Waals surface area contributed by atoms with Crippen LogP contribution in [0.4, 0.5) is 10.5 Å². The SMILES string of the molecule is O=C(Nc1ccc(S(=O)(=O)N2CCCC2)cc1)C1CCN(C(=O)N2CCCC2)CC1. The quantitative estimate of drug-likeness (QED) is 0.788. The van der Waals surface area contributed by atoms with Crippen molar-refractivity contribution in [2.75, 3.05) is 44.6 Å². The fourth-order valence-corrected chi connectivity index (χ4v) is 5.99. The molecule has 0 aliphatic carbocycles. The molecule has 1 aromatic rings. The number of nitrogens with zero attached hydrogens (tertiary/aromatic N) is 3. The van der Waals surface area contributed by atoms with Gasteiger partial charge in [0.15, 0.2) is 0 Å². The summed E-state index contributed by atoms with van der Waals surface area (Å²) >= 11 is 0. The molecule has 3 saturated heterocycles. The predicted octanol–water partition coefficient (Wildman–Crippen LogP) is 2.34. The molecule has 4 rings (SSSR count). The Morgan fingerprint density at radius 2 is 1.33 bits per heavy atom. The van der Waals surface area contributed by atoms with Crippen LogP contribution in [0.15, 0.2) is 29.2 Å². The number of urea groups is 1. The molecule has 30 heavy (non-hydrogen) atoms. The summed E-state index contributed by atoms with van der Waals surface area (Å²) in [6, 6.07) is 6.50. The van der Waals surface area contributed by atoms with Crippen LogP contribution in [0, 0.1) is 5.92 Å². The minimum absolute atomic E-state index is 0.0709. The highest BCUT2D eigenvalue weighted by atomic mass is 32.2. The van der Waals surface area contributed by atoms with Gasteiger partial charge >= 0.3 is 6.03 Å². The van der Waals surface area contributed by atoms with E-state index in [0.29, 0.717) is 44.7 Å². The van der Waals surface area contributed by atoms with E-state index in [9.17, 15) is 18.0 Å². The average Bonchev–Trinajstić information content (AvgIpc) is 3.48. The Morgan fingerprint density at radius 1 is 0.800 bits per heavy atom. The molecule has 0 radical (unpaired) electrons. The third kappa shape index (κ3) is 4.46. The number of piperidine rings is 1. The molecule has 3 heterocycles. The van der Waals surface area contributed by atoms with Crippen molar-refractivity contribution >= 4 is 27.6 Å². The van der Waals surface area contributed by atoms with E-state index in [1.807, 2.05) is 9.80 Å². The lowest BCUT2D eigenvalue weighted by Gasteiger charge is -2.34. The maximum Gasteiger partial charge on any atom is 0.319 e. The van der Waals surface area contributed by atoms with Gasteiger partial charge in [-0.3, -0.25) is 4.79 Å². The smallest absolute Gasteiger partial charge is 0.319 e. The summed E-state index contributed by atoms with van der Waals surface area (Å²) in [5, 5.41) is 2.90. The molecule has 0 atom stereocenters. The van der Waals surface area contributed by atoms with E-state index in [2.05, 4.69) is 5.32 Å². The molecular weight excluding hydrogens is 404 g/mol. The lowest BCUT2D eigenvalue weighted by Crippen LogP contribution is -2.47. The van der Waals surface area contributed by atoms with Gasteiger partial charge in [0.05, 0.1) is 4.90 Å². The Bertz CT molecular complexity index is 867. The predicted molar refractivity (Wildman–Crippen MR) is 114 cm³/mol. The van der Waals surface area contributed by atoms with Crippen molar-refractivity contribution in [1.82, 2.24) is 14.1 Å². The van der Waals surface area contributed by atoms with Gasteiger partial charge in [0.25, 0.3) is 0 Å². The molecule has 1 aromatic carbocycles. The normalized spacial score (nSPS) is 21.2. The number of rotatable bonds is 4. The molecule has 8 nitrogen and oxygen atoms in total. The summed E-state index contributed by atoms with van der Waals surface area (Å²) in [6.07, 6.45) is 5.23. The third-order valence-electron chi connectivity index (χ3n) is 6.34. The lowest BCUT2D eigenvalue weighted by atomic mass is 9.96. The monoisotopic (exact) mass is 434 g/mol. The number of sulfonamides is 1. The highest BCUT2D eigenvalue weighted by Gasteiger charge is 2.31. The van der Waals surface area contributed by atoms with Crippen LogP contribution in [0.25, 0.3) is 0 Å². The summed E-state index contributed by atoms with van der Waals surface area (Å²) in [5.41, 5.74) is 0.593. The first-order valence-corrected chi connectivity index (χ1v) is 12.3. The van der Waals surface area contributed by atoms with Crippen molar-refractivity contribution in [2.24, 2.45) is 5.92 Å². The van der Waals surface area contributed by atoms with Gasteiger partial charge in [-0.25, -0.2) is 13.2 Å². The number of anilines is 1. The molecule has 0 spiro atoms. The Morgan fingerprint density at radius 3 is 1.93 bits per heavy atom. The van der Waals surface area contributed by atoms with Gasteiger partial charge in [-0.15, -0.1) is 0 Å². The minimum Gasteiger partial charge on any atom is -0.326 e. The summed E-state index contributed by atoms with van der Waals surface area (Å²) in [5.74, 6) is -0.209. The summed E-state index contributed by atoms with van der Waals surface area (Å²) < 4.78 is 26.7. The number of benzene rings is 1. The highest BCUT2D eigenvalue weighted by molar-refractivity contribution is 7.89. The molecule has 0 unspecified atom stereocenters. The molecular formula is C21H30N4O4S. The van der Waals surface area contributed by atoms with Gasteiger partial charge in [-0.2, -0.15) is 4.31 Å². The van der Waals surface area contributed by atoms with Gasteiger partial charge in [0, 0.05) is 50.9 Å². The fraction of sp³-hybridized carbons (Fsp3) is 0.619. The number of amides is 3. The molecule has 0 saturated carbocycles. The average molecular weight is 435 g/mol. The van der Waals surface area contributed by atoms with E-state index in [-0.39, 0.29) is 22.8 Å². The van der Waals surface area contributed by atoms with Crippen molar-refractivity contribution < 1.29 is 18.0 Å². The number of hydrogen-bond donors (Lipinski definition) is 1. The Hall–Kier alpha value is -2.13. The van der Waals surface area contributed by atoms with Crippen LogP contribution in [0.3, 0.4) is 0 Å². The summed E-state index contributed by atoms with van der Waals surface area (Å²) in [4.78, 5) is 29.1. The number of likely N-dealkylation sites (tertiary alicyclic amines) is 2. The first kappa shape index (κ1) is 21.1. The largest absolute Gasteiger partial charge is 0.326 e. The number of hydrogen-bond acceptors (Lipinski definition) is 4. The van der Waals surface area contributed by atoms with Gasteiger partial charge in [-0.1, -0.05) is 0 Å². The molecule has 164 valence electrons. The topological polar surface area (TPSA) is 90.0 Å². The van der Waals surface area contributed by atoms with Crippen LogP contribution >= 0.6 is 0 Å². The van der Waals surface area contributed by atoms with Gasteiger partial charge in [0.2, 0.25) is 15.9 Å². The van der Waals surface area contributed by atoms with Crippen molar-refractivity contribution in [3.8, 4) is 0 Å². The zero-order valence-corrected chi connectivity index (χ0v) is 18.1. The summed E-state index contributed by atoms with van der Waals surface area (Å²) in [7, 11) is -3.45. The number of carbonyl (C=O) groups excluding carboxylic acids is 2. The minimum atomic E-state index is -3.45. The van der Waals surface area contributed by atoms with Crippen LogP contribution < -0.4 is 5.32 Å². The molecule has 1 N–H and O–H groups in total. The third-order valence-corrected chi connectivity index (χ3v) is 8.25. The van der Waals surface area contributed by atoms with E-state index in [0.717, 1.165) is 38.8 Å².